The Morgan fingerprint density at radius 3 is 2.81 bits per heavy atom. The molecule has 0 atom stereocenters. The molecule has 1 N–H and O–H groups in total. The van der Waals surface area contributed by atoms with Crippen LogP contribution in [0, 0.1) is 5.82 Å². The van der Waals surface area contributed by atoms with Gasteiger partial charge in [-0.05, 0) is 25.0 Å². The van der Waals surface area contributed by atoms with E-state index < -0.39 is 0 Å². The van der Waals surface area contributed by atoms with E-state index in [2.05, 4.69) is 19.9 Å². The maximum absolute atomic E-state index is 13.7. The number of nitrogens with one attached hydrogen (secondary N) is 1. The Balaban J connectivity index is 1.74. The van der Waals surface area contributed by atoms with Gasteiger partial charge in [0.15, 0.2) is 10.8 Å². The Kier molecular flexibility index (Phi) is 3.75. The zero-order valence-electron chi connectivity index (χ0n) is 14.3. The van der Waals surface area contributed by atoms with Crippen molar-refractivity contribution in [3.05, 3.63) is 46.0 Å². The predicted molar refractivity (Wildman–Crippen MR) is 99.9 cm³/mol. The van der Waals surface area contributed by atoms with Crippen molar-refractivity contribution in [2.24, 2.45) is 0 Å². The van der Waals surface area contributed by atoms with Gasteiger partial charge in [0.1, 0.15) is 17.7 Å². The van der Waals surface area contributed by atoms with E-state index in [1.54, 1.807) is 15.2 Å². The molecule has 3 heterocycles. The number of hydrogen-bond acceptors (Lipinski definition) is 4. The highest BCUT2D eigenvalue weighted by atomic mass is 35.5. The van der Waals surface area contributed by atoms with Crippen molar-refractivity contribution >= 4 is 33.8 Å². The minimum atomic E-state index is -0.378. The Labute approximate surface area is 157 Å². The van der Waals surface area contributed by atoms with Gasteiger partial charge in [-0.15, -0.1) is 0 Å². The average molecular weight is 387 g/mol. The van der Waals surface area contributed by atoms with Crippen molar-refractivity contribution in [1.82, 2.24) is 29.1 Å². The topological polar surface area (TPSA) is 81.4 Å². The molecule has 7 nitrogen and oxygen atoms in total. The van der Waals surface area contributed by atoms with Crippen LogP contribution in [0.4, 0.5) is 4.39 Å². The van der Waals surface area contributed by atoms with E-state index in [0.29, 0.717) is 22.2 Å². The second-order valence-electron chi connectivity index (χ2n) is 6.85. The fourth-order valence-corrected chi connectivity index (χ4v) is 4.09. The first-order valence-corrected chi connectivity index (χ1v) is 9.30. The maximum Gasteiger partial charge on any atom is 0.328 e. The summed E-state index contributed by atoms with van der Waals surface area (Å²) < 4.78 is 17.0. The van der Waals surface area contributed by atoms with Crippen molar-refractivity contribution < 1.29 is 4.39 Å². The van der Waals surface area contributed by atoms with Gasteiger partial charge in [0.2, 0.25) is 5.95 Å². The highest BCUT2D eigenvalue weighted by molar-refractivity contribution is 6.33. The van der Waals surface area contributed by atoms with Gasteiger partial charge in [-0.25, -0.2) is 14.2 Å². The summed E-state index contributed by atoms with van der Waals surface area (Å²) in [4.78, 5) is 28.5. The summed E-state index contributed by atoms with van der Waals surface area (Å²) in [6.07, 6.45) is 6.74. The second-order valence-corrected chi connectivity index (χ2v) is 7.21. The van der Waals surface area contributed by atoms with Crippen LogP contribution < -0.4 is 5.69 Å². The maximum atomic E-state index is 13.7. The van der Waals surface area contributed by atoms with Crippen LogP contribution in [0.2, 0.25) is 5.15 Å². The van der Waals surface area contributed by atoms with Crippen LogP contribution in [0.3, 0.4) is 0 Å². The third-order valence-electron chi connectivity index (χ3n) is 5.18. The van der Waals surface area contributed by atoms with E-state index in [9.17, 15) is 9.18 Å². The lowest BCUT2D eigenvalue weighted by Gasteiger charge is -2.22. The Hall–Kier alpha value is -2.74. The van der Waals surface area contributed by atoms with Crippen LogP contribution in [0.1, 0.15) is 38.1 Å². The molecule has 3 aromatic heterocycles. The molecule has 0 bridgehead atoms. The number of imidazole rings is 2. The van der Waals surface area contributed by atoms with Crippen LogP contribution in [-0.2, 0) is 0 Å². The van der Waals surface area contributed by atoms with Gasteiger partial charge >= 0.3 is 5.69 Å². The zero-order chi connectivity index (χ0) is 18.5. The summed E-state index contributed by atoms with van der Waals surface area (Å²) in [6, 6.07) is 4.41. The van der Waals surface area contributed by atoms with E-state index in [-0.39, 0.29) is 28.7 Å². The van der Waals surface area contributed by atoms with Gasteiger partial charge in [0.05, 0.1) is 11.0 Å². The van der Waals surface area contributed by atoms with Gasteiger partial charge in [0, 0.05) is 12.1 Å². The first-order chi connectivity index (χ1) is 13.1. The Bertz CT molecular complexity index is 1220. The summed E-state index contributed by atoms with van der Waals surface area (Å²) in [5, 5.41) is 0.153. The first kappa shape index (κ1) is 16.4. The molecule has 0 spiro atoms. The molecule has 0 unspecified atom stereocenters. The number of fused-ring (bicyclic) bond motifs is 2. The van der Waals surface area contributed by atoms with E-state index in [1.165, 1.54) is 24.9 Å². The molecule has 27 heavy (non-hydrogen) atoms. The molecule has 1 aliphatic carbocycles. The molecule has 1 aliphatic rings. The van der Waals surface area contributed by atoms with Gasteiger partial charge in [-0.3, -0.25) is 9.13 Å². The van der Waals surface area contributed by atoms with Crippen molar-refractivity contribution in [2.75, 3.05) is 0 Å². The lowest BCUT2D eigenvalue weighted by molar-refractivity contribution is 0.352. The number of rotatable bonds is 2. The van der Waals surface area contributed by atoms with Gasteiger partial charge in [-0.1, -0.05) is 30.9 Å². The molecule has 9 heteroatoms. The molecule has 1 aromatic carbocycles. The third-order valence-corrected chi connectivity index (χ3v) is 5.45. The zero-order valence-corrected chi connectivity index (χ0v) is 15.1. The van der Waals surface area contributed by atoms with Crippen LogP contribution in [0.25, 0.3) is 28.1 Å². The van der Waals surface area contributed by atoms with Gasteiger partial charge < -0.3 is 4.98 Å². The predicted octanol–water partition coefficient (Wildman–Crippen LogP) is 3.76. The highest BCUT2D eigenvalue weighted by Crippen LogP contribution is 2.30. The van der Waals surface area contributed by atoms with Crippen LogP contribution in [-0.4, -0.2) is 29.1 Å². The molecule has 0 amide bonds. The Morgan fingerprint density at radius 1 is 1.19 bits per heavy atom. The van der Waals surface area contributed by atoms with E-state index in [0.717, 1.165) is 25.7 Å². The minimum absolute atomic E-state index is 0.0933. The van der Waals surface area contributed by atoms with Crippen LogP contribution in [0.5, 0.6) is 0 Å². The van der Waals surface area contributed by atoms with Crippen molar-refractivity contribution in [3.8, 4) is 5.95 Å². The third kappa shape index (κ3) is 2.63. The second kappa shape index (κ2) is 6.16. The fraction of sp³-hybridized carbons (Fsp3) is 0.333. The summed E-state index contributed by atoms with van der Waals surface area (Å²) >= 11 is 6.34. The molecular formula is C18H16ClFN6O. The molecule has 0 saturated heterocycles. The summed E-state index contributed by atoms with van der Waals surface area (Å²) in [5.41, 5.74) is 1.82. The monoisotopic (exact) mass is 386 g/mol. The highest BCUT2D eigenvalue weighted by Gasteiger charge is 2.23. The standard InChI is InChI=1S/C18H16ClFN6O/c19-15-14-16(26(18(27)22-14)11-4-2-1-3-5-11)24-17(23-15)25-9-21-12-7-6-10(20)8-13(12)25/h6-9,11H,1-5H2,(H,22,27). The number of halogens is 2. The van der Waals surface area contributed by atoms with Crippen LogP contribution >= 0.6 is 11.6 Å². The molecule has 0 aliphatic heterocycles. The number of benzene rings is 1. The van der Waals surface area contributed by atoms with Gasteiger partial charge in [-0.2, -0.15) is 9.97 Å². The summed E-state index contributed by atoms with van der Waals surface area (Å²) in [7, 11) is 0. The van der Waals surface area contributed by atoms with E-state index in [4.69, 9.17) is 11.6 Å². The molecule has 138 valence electrons. The average Bonchev–Trinajstić information content (AvgIpc) is 3.22. The smallest absolute Gasteiger partial charge is 0.302 e. The van der Waals surface area contributed by atoms with E-state index >= 15 is 0 Å². The number of hydrogen-bond donors (Lipinski definition) is 1. The number of H-pyrrole nitrogens is 1. The quantitative estimate of drug-likeness (QED) is 0.532. The lowest BCUT2D eigenvalue weighted by Crippen LogP contribution is -2.24. The van der Waals surface area contributed by atoms with Gasteiger partial charge in [0.25, 0.3) is 0 Å². The number of nitrogens with zero attached hydrogens (tertiary/aromatic N) is 5. The first-order valence-electron chi connectivity index (χ1n) is 8.92. The van der Waals surface area contributed by atoms with E-state index in [1.807, 2.05) is 0 Å². The number of aromatic amines is 1. The van der Waals surface area contributed by atoms with Crippen LogP contribution in [0.15, 0.2) is 29.3 Å². The molecule has 1 fully saturated rings. The SMILES string of the molecule is O=c1[nH]c2c(Cl)nc(-n3cnc4ccc(F)cc43)nc2n1C1CCCCC1. The lowest BCUT2D eigenvalue weighted by atomic mass is 9.95. The molecule has 5 rings (SSSR count). The van der Waals surface area contributed by atoms with Crippen molar-refractivity contribution in [3.63, 3.8) is 0 Å². The number of aromatic nitrogens is 6. The summed E-state index contributed by atoms with van der Waals surface area (Å²) in [6.45, 7) is 0. The minimum Gasteiger partial charge on any atom is -0.302 e. The molecule has 0 radical (unpaired) electrons. The van der Waals surface area contributed by atoms with Crippen molar-refractivity contribution in [2.45, 2.75) is 38.1 Å². The molecular weight excluding hydrogens is 371 g/mol. The molecule has 1 saturated carbocycles. The fourth-order valence-electron chi connectivity index (χ4n) is 3.88. The van der Waals surface area contributed by atoms with Crippen molar-refractivity contribution in [1.29, 1.82) is 0 Å². The Morgan fingerprint density at radius 2 is 2.00 bits per heavy atom. The normalized spacial score (nSPS) is 15.8. The largest absolute Gasteiger partial charge is 0.328 e. The summed E-state index contributed by atoms with van der Waals surface area (Å²) in [5.74, 6) is -0.124. The molecule has 4 aromatic rings.